The molecule has 2 fully saturated rings. The van der Waals surface area contributed by atoms with Gasteiger partial charge in [-0.15, -0.1) is 0 Å². The monoisotopic (exact) mass is 199 g/mol. The molecule has 2 rings (SSSR count). The van der Waals surface area contributed by atoms with Crippen molar-refractivity contribution in [3.8, 4) is 0 Å². The molecular formula is C11H21NO2. The lowest BCUT2D eigenvalue weighted by atomic mass is 10.1. The van der Waals surface area contributed by atoms with Crippen molar-refractivity contribution < 1.29 is 9.84 Å². The van der Waals surface area contributed by atoms with Crippen molar-refractivity contribution in [2.24, 2.45) is 0 Å². The summed E-state index contributed by atoms with van der Waals surface area (Å²) in [7, 11) is 0. The lowest BCUT2D eigenvalue weighted by Crippen LogP contribution is -2.46. The minimum absolute atomic E-state index is 0.140. The topological polar surface area (TPSA) is 41.5 Å². The highest BCUT2D eigenvalue weighted by atomic mass is 16.5. The molecule has 0 spiro atoms. The van der Waals surface area contributed by atoms with Crippen LogP contribution in [0, 0.1) is 0 Å². The maximum Gasteiger partial charge on any atom is 0.0726 e. The molecule has 1 saturated heterocycles. The molecule has 0 amide bonds. The molecule has 1 aliphatic carbocycles. The van der Waals surface area contributed by atoms with Gasteiger partial charge in [0.1, 0.15) is 0 Å². The molecular weight excluding hydrogens is 178 g/mol. The van der Waals surface area contributed by atoms with Gasteiger partial charge in [-0.3, -0.25) is 0 Å². The van der Waals surface area contributed by atoms with Gasteiger partial charge >= 0.3 is 0 Å². The highest BCUT2D eigenvalue weighted by Gasteiger charge is 2.29. The molecule has 1 aliphatic heterocycles. The first kappa shape index (κ1) is 10.4. The Hall–Kier alpha value is -0.120. The van der Waals surface area contributed by atoms with E-state index in [1.165, 1.54) is 6.42 Å². The van der Waals surface area contributed by atoms with E-state index in [0.29, 0.717) is 18.2 Å². The maximum absolute atomic E-state index is 9.68. The summed E-state index contributed by atoms with van der Waals surface area (Å²) in [5.74, 6) is 0. The molecule has 3 nitrogen and oxygen atoms in total. The molecule has 2 N–H and O–H groups in total. The van der Waals surface area contributed by atoms with Crippen LogP contribution in [0.3, 0.4) is 0 Å². The summed E-state index contributed by atoms with van der Waals surface area (Å²) in [6.07, 6.45) is 5.79. The van der Waals surface area contributed by atoms with Gasteiger partial charge in [-0.2, -0.15) is 0 Å². The largest absolute Gasteiger partial charge is 0.392 e. The van der Waals surface area contributed by atoms with Crippen molar-refractivity contribution in [3.63, 3.8) is 0 Å². The second-order valence-electron chi connectivity index (χ2n) is 4.61. The van der Waals surface area contributed by atoms with E-state index in [-0.39, 0.29) is 6.10 Å². The Morgan fingerprint density at radius 3 is 2.71 bits per heavy atom. The van der Waals surface area contributed by atoms with Crippen LogP contribution in [-0.2, 0) is 4.74 Å². The van der Waals surface area contributed by atoms with E-state index in [0.717, 1.165) is 32.3 Å². The second-order valence-corrected chi connectivity index (χ2v) is 4.61. The van der Waals surface area contributed by atoms with Crippen molar-refractivity contribution >= 4 is 0 Å². The van der Waals surface area contributed by atoms with Crippen molar-refractivity contribution in [2.75, 3.05) is 6.61 Å². The molecule has 0 bridgehead atoms. The van der Waals surface area contributed by atoms with Gasteiger partial charge < -0.3 is 15.2 Å². The van der Waals surface area contributed by atoms with E-state index >= 15 is 0 Å². The number of ether oxygens (including phenoxy) is 1. The van der Waals surface area contributed by atoms with Crippen LogP contribution in [0.4, 0.5) is 0 Å². The van der Waals surface area contributed by atoms with Crippen LogP contribution in [0.2, 0.25) is 0 Å². The number of hydrogen-bond donors (Lipinski definition) is 2. The summed E-state index contributed by atoms with van der Waals surface area (Å²) in [5.41, 5.74) is 0. The van der Waals surface area contributed by atoms with Crippen LogP contribution in [0.25, 0.3) is 0 Å². The fourth-order valence-electron chi connectivity index (χ4n) is 2.58. The van der Waals surface area contributed by atoms with Gasteiger partial charge in [0.05, 0.1) is 12.2 Å². The molecule has 14 heavy (non-hydrogen) atoms. The molecule has 3 heteroatoms. The SMILES string of the molecule is CC(N[C@H]1CCC[C@@H]1O)C1CCCO1. The summed E-state index contributed by atoms with van der Waals surface area (Å²) < 4.78 is 5.62. The summed E-state index contributed by atoms with van der Waals surface area (Å²) >= 11 is 0. The number of aliphatic hydroxyl groups is 1. The average molecular weight is 199 g/mol. The maximum atomic E-state index is 9.68. The summed E-state index contributed by atoms with van der Waals surface area (Å²) in [6.45, 7) is 3.07. The van der Waals surface area contributed by atoms with Gasteiger partial charge in [-0.25, -0.2) is 0 Å². The molecule has 1 saturated carbocycles. The van der Waals surface area contributed by atoms with Crippen LogP contribution in [0.1, 0.15) is 39.0 Å². The van der Waals surface area contributed by atoms with Gasteiger partial charge in [-0.05, 0) is 39.0 Å². The van der Waals surface area contributed by atoms with Gasteiger partial charge in [-0.1, -0.05) is 0 Å². The summed E-state index contributed by atoms with van der Waals surface area (Å²) in [6, 6.07) is 0.685. The Balaban J connectivity index is 1.78. The predicted molar refractivity (Wildman–Crippen MR) is 55.2 cm³/mol. The van der Waals surface area contributed by atoms with Crippen molar-refractivity contribution in [1.29, 1.82) is 0 Å². The van der Waals surface area contributed by atoms with Crippen LogP contribution in [0.5, 0.6) is 0 Å². The van der Waals surface area contributed by atoms with Gasteiger partial charge in [0.2, 0.25) is 0 Å². The van der Waals surface area contributed by atoms with Crippen LogP contribution >= 0.6 is 0 Å². The number of rotatable bonds is 3. The molecule has 4 atom stereocenters. The van der Waals surface area contributed by atoms with Gasteiger partial charge in [0.25, 0.3) is 0 Å². The van der Waals surface area contributed by atoms with E-state index in [9.17, 15) is 5.11 Å². The average Bonchev–Trinajstić information content (AvgIpc) is 2.77. The Kier molecular flexibility index (Phi) is 3.42. The van der Waals surface area contributed by atoms with Crippen LogP contribution < -0.4 is 5.32 Å². The third-order valence-electron chi connectivity index (χ3n) is 3.48. The molecule has 0 aromatic rings. The Morgan fingerprint density at radius 2 is 2.14 bits per heavy atom. The molecule has 2 unspecified atom stereocenters. The van der Waals surface area contributed by atoms with Crippen molar-refractivity contribution in [1.82, 2.24) is 5.32 Å². The van der Waals surface area contributed by atoms with E-state index in [4.69, 9.17) is 4.74 Å². The fourth-order valence-corrected chi connectivity index (χ4v) is 2.58. The predicted octanol–water partition coefficient (Wildman–Crippen LogP) is 1.06. The number of hydrogen-bond acceptors (Lipinski definition) is 3. The van der Waals surface area contributed by atoms with Gasteiger partial charge in [0.15, 0.2) is 0 Å². The second kappa shape index (κ2) is 4.60. The first-order valence-corrected chi connectivity index (χ1v) is 5.83. The van der Waals surface area contributed by atoms with Crippen molar-refractivity contribution in [3.05, 3.63) is 0 Å². The summed E-state index contributed by atoms with van der Waals surface area (Å²) in [4.78, 5) is 0. The zero-order valence-electron chi connectivity index (χ0n) is 8.91. The fraction of sp³-hybridized carbons (Fsp3) is 1.00. The van der Waals surface area contributed by atoms with Crippen LogP contribution in [-0.4, -0.2) is 36.0 Å². The normalized spacial score (nSPS) is 40.3. The molecule has 1 heterocycles. The Bertz CT molecular complexity index is 180. The van der Waals surface area contributed by atoms with E-state index in [2.05, 4.69) is 12.2 Å². The zero-order chi connectivity index (χ0) is 9.97. The number of nitrogens with one attached hydrogen (secondary N) is 1. The summed E-state index contributed by atoms with van der Waals surface area (Å²) in [5, 5.41) is 13.2. The molecule has 0 aromatic heterocycles. The first-order valence-electron chi connectivity index (χ1n) is 5.83. The smallest absolute Gasteiger partial charge is 0.0726 e. The molecule has 2 aliphatic rings. The highest BCUT2D eigenvalue weighted by Crippen LogP contribution is 2.22. The zero-order valence-corrected chi connectivity index (χ0v) is 8.91. The standard InChI is InChI=1S/C11H21NO2/c1-8(11-6-3-7-14-11)12-9-4-2-5-10(9)13/h8-13H,2-7H2,1H3/t8?,9-,10-,11?/m0/s1. The minimum Gasteiger partial charge on any atom is -0.392 e. The lowest BCUT2D eigenvalue weighted by Gasteiger charge is -2.25. The quantitative estimate of drug-likeness (QED) is 0.714. The molecule has 0 aromatic carbocycles. The lowest BCUT2D eigenvalue weighted by molar-refractivity contribution is 0.0680. The highest BCUT2D eigenvalue weighted by molar-refractivity contribution is 4.87. The molecule has 82 valence electrons. The third-order valence-corrected chi connectivity index (χ3v) is 3.48. The number of aliphatic hydroxyl groups excluding tert-OH is 1. The van der Waals surface area contributed by atoms with E-state index in [1.807, 2.05) is 0 Å². The van der Waals surface area contributed by atoms with E-state index in [1.54, 1.807) is 0 Å². The minimum atomic E-state index is -0.140. The third kappa shape index (κ3) is 2.27. The van der Waals surface area contributed by atoms with Crippen molar-refractivity contribution in [2.45, 2.75) is 63.3 Å². The van der Waals surface area contributed by atoms with Gasteiger partial charge in [0, 0.05) is 18.7 Å². The Morgan fingerprint density at radius 1 is 1.29 bits per heavy atom. The first-order chi connectivity index (χ1) is 6.77. The van der Waals surface area contributed by atoms with E-state index < -0.39 is 0 Å². The Labute approximate surface area is 85.8 Å². The van der Waals surface area contributed by atoms with Crippen LogP contribution in [0.15, 0.2) is 0 Å². The molecule has 0 radical (unpaired) electrons.